The molecule has 0 radical (unpaired) electrons. The Kier molecular flexibility index (Phi) is 5.14. The highest BCUT2D eigenvalue weighted by atomic mass is 32.2. The van der Waals surface area contributed by atoms with Crippen LogP contribution in [0.5, 0.6) is 0 Å². The average Bonchev–Trinajstić information content (AvgIpc) is 3.33. The number of ether oxygens (including phenoxy) is 1. The summed E-state index contributed by atoms with van der Waals surface area (Å²) >= 11 is 0. The van der Waals surface area contributed by atoms with Gasteiger partial charge in [0.1, 0.15) is 5.41 Å². The molecule has 1 aliphatic rings. The van der Waals surface area contributed by atoms with E-state index < -0.39 is 32.4 Å². The van der Waals surface area contributed by atoms with E-state index in [1.165, 1.54) is 7.11 Å². The summed E-state index contributed by atoms with van der Waals surface area (Å²) in [5.41, 5.74) is 1.29. The molecule has 0 unspecified atom stereocenters. The quantitative estimate of drug-likeness (QED) is 0.788. The lowest BCUT2D eigenvalue weighted by atomic mass is 9.99. The third-order valence-electron chi connectivity index (χ3n) is 5.47. The largest absolute Gasteiger partial charge is 0.481 e. The van der Waals surface area contributed by atoms with Crippen LogP contribution in [0.2, 0.25) is 0 Å². The molecule has 2 aromatic carbocycles. The first-order valence-corrected chi connectivity index (χ1v) is 10.5. The first-order chi connectivity index (χ1) is 12.8. The topological polar surface area (TPSA) is 80.7 Å². The third-order valence-corrected chi connectivity index (χ3v) is 7.76. The second kappa shape index (κ2) is 7.09. The second-order valence-electron chi connectivity index (χ2n) is 7.13. The standard InChI is InChI=1S/C21H24O5S/c1-4-15-7-9-16(10-8-15)18-19(21(18,13-26-3)20(22)23)27(24,25)17-11-5-14(2)6-12-17/h5-12,18-19H,4,13H2,1-3H3,(H,22,23)/t18-,19-,21-/m1/s1. The molecule has 0 aromatic heterocycles. The Morgan fingerprint density at radius 2 is 1.70 bits per heavy atom. The van der Waals surface area contributed by atoms with E-state index in [1.54, 1.807) is 24.3 Å². The zero-order valence-electron chi connectivity index (χ0n) is 15.7. The molecule has 2 aromatic rings. The number of rotatable bonds is 7. The van der Waals surface area contributed by atoms with E-state index in [0.29, 0.717) is 5.56 Å². The minimum absolute atomic E-state index is 0.146. The van der Waals surface area contributed by atoms with Crippen molar-refractivity contribution in [1.29, 1.82) is 0 Å². The van der Waals surface area contributed by atoms with Crippen LogP contribution in [0.3, 0.4) is 0 Å². The summed E-state index contributed by atoms with van der Waals surface area (Å²) in [6, 6.07) is 14.0. The van der Waals surface area contributed by atoms with Gasteiger partial charge in [0.15, 0.2) is 9.84 Å². The number of methoxy groups -OCH3 is 1. The van der Waals surface area contributed by atoms with Gasteiger partial charge in [0.2, 0.25) is 0 Å². The maximum absolute atomic E-state index is 13.3. The predicted molar refractivity (Wildman–Crippen MR) is 103 cm³/mol. The molecule has 144 valence electrons. The van der Waals surface area contributed by atoms with Gasteiger partial charge in [-0.1, -0.05) is 48.9 Å². The van der Waals surface area contributed by atoms with Gasteiger partial charge in [0, 0.05) is 13.0 Å². The smallest absolute Gasteiger partial charge is 0.314 e. The van der Waals surface area contributed by atoms with Crippen molar-refractivity contribution in [3.63, 3.8) is 0 Å². The van der Waals surface area contributed by atoms with E-state index >= 15 is 0 Å². The normalized spacial score (nSPS) is 24.6. The molecule has 5 nitrogen and oxygen atoms in total. The maximum atomic E-state index is 13.3. The van der Waals surface area contributed by atoms with Crippen LogP contribution in [0.25, 0.3) is 0 Å². The van der Waals surface area contributed by atoms with Crippen LogP contribution in [0.15, 0.2) is 53.4 Å². The Balaban J connectivity index is 2.09. The molecule has 0 heterocycles. The molecule has 6 heteroatoms. The van der Waals surface area contributed by atoms with E-state index in [0.717, 1.165) is 17.5 Å². The molecule has 1 fully saturated rings. The lowest BCUT2D eigenvalue weighted by molar-refractivity contribution is -0.145. The van der Waals surface area contributed by atoms with Crippen LogP contribution in [0, 0.1) is 12.3 Å². The van der Waals surface area contributed by atoms with Gasteiger partial charge in [-0.05, 0) is 36.6 Å². The van der Waals surface area contributed by atoms with Crippen molar-refractivity contribution in [2.24, 2.45) is 5.41 Å². The maximum Gasteiger partial charge on any atom is 0.314 e. The van der Waals surface area contributed by atoms with Crippen LogP contribution < -0.4 is 0 Å². The summed E-state index contributed by atoms with van der Waals surface area (Å²) in [4.78, 5) is 12.3. The van der Waals surface area contributed by atoms with Crippen molar-refractivity contribution in [3.05, 3.63) is 65.2 Å². The fraction of sp³-hybridized carbons (Fsp3) is 0.381. The summed E-state index contributed by atoms with van der Waals surface area (Å²) in [7, 11) is -2.43. The van der Waals surface area contributed by atoms with E-state index in [1.807, 2.05) is 38.1 Å². The van der Waals surface area contributed by atoms with Gasteiger partial charge >= 0.3 is 5.97 Å². The number of hydrogen-bond acceptors (Lipinski definition) is 4. The molecule has 3 atom stereocenters. The van der Waals surface area contributed by atoms with Crippen molar-refractivity contribution < 1.29 is 23.1 Å². The highest BCUT2D eigenvalue weighted by Gasteiger charge is 2.76. The summed E-state index contributed by atoms with van der Waals surface area (Å²) in [5.74, 6) is -1.79. The molecule has 1 N–H and O–H groups in total. The van der Waals surface area contributed by atoms with Gasteiger partial charge in [-0.25, -0.2) is 8.42 Å². The molecule has 0 spiro atoms. The SMILES string of the molecule is CCc1ccc([C@@H]2[C@@H](S(=O)(=O)c3ccc(C)cc3)[C@]2(COC)C(=O)O)cc1. The van der Waals surface area contributed by atoms with Crippen molar-refractivity contribution in [1.82, 2.24) is 0 Å². The number of benzene rings is 2. The van der Waals surface area contributed by atoms with Crippen LogP contribution in [-0.4, -0.2) is 38.5 Å². The van der Waals surface area contributed by atoms with Crippen LogP contribution in [0.4, 0.5) is 0 Å². The van der Waals surface area contributed by atoms with E-state index in [9.17, 15) is 18.3 Å². The first kappa shape index (κ1) is 19.6. The highest BCUT2D eigenvalue weighted by molar-refractivity contribution is 7.92. The Bertz CT molecular complexity index is 932. The molecule has 0 amide bonds. The molecule has 1 saturated carbocycles. The third kappa shape index (κ3) is 3.17. The molecule has 0 saturated heterocycles. The minimum atomic E-state index is -3.83. The number of carboxylic acid groups (broad SMARTS) is 1. The van der Waals surface area contributed by atoms with Crippen molar-refractivity contribution in [2.75, 3.05) is 13.7 Å². The average molecular weight is 388 g/mol. The van der Waals surface area contributed by atoms with Gasteiger partial charge in [0.25, 0.3) is 0 Å². The number of aryl methyl sites for hydroxylation is 2. The molecule has 0 bridgehead atoms. The van der Waals surface area contributed by atoms with Crippen molar-refractivity contribution >= 4 is 15.8 Å². The molecular formula is C21H24O5S. The minimum Gasteiger partial charge on any atom is -0.481 e. The van der Waals surface area contributed by atoms with Crippen LogP contribution in [-0.2, 0) is 25.8 Å². The van der Waals surface area contributed by atoms with Gasteiger partial charge in [-0.3, -0.25) is 4.79 Å². The van der Waals surface area contributed by atoms with E-state index in [2.05, 4.69) is 0 Å². The van der Waals surface area contributed by atoms with Crippen molar-refractivity contribution in [3.8, 4) is 0 Å². The number of aliphatic carboxylic acids is 1. The van der Waals surface area contributed by atoms with Gasteiger partial charge < -0.3 is 9.84 Å². The summed E-state index contributed by atoms with van der Waals surface area (Å²) in [5, 5.41) is 8.89. The predicted octanol–water partition coefficient (Wildman–Crippen LogP) is 3.21. The summed E-state index contributed by atoms with van der Waals surface area (Å²) < 4.78 is 31.7. The van der Waals surface area contributed by atoms with E-state index in [4.69, 9.17) is 4.74 Å². The zero-order valence-corrected chi connectivity index (χ0v) is 16.5. The first-order valence-electron chi connectivity index (χ1n) is 8.90. The summed E-state index contributed by atoms with van der Waals surface area (Å²) in [6.45, 7) is 3.75. The van der Waals surface area contributed by atoms with Gasteiger partial charge in [-0.2, -0.15) is 0 Å². The molecular weight excluding hydrogens is 364 g/mol. The molecule has 1 aliphatic carbocycles. The number of carbonyl (C=O) groups is 1. The number of carboxylic acids is 1. The second-order valence-corrected chi connectivity index (χ2v) is 9.20. The lowest BCUT2D eigenvalue weighted by Crippen LogP contribution is -2.28. The van der Waals surface area contributed by atoms with Crippen molar-refractivity contribution in [2.45, 2.75) is 36.3 Å². The summed E-state index contributed by atoms with van der Waals surface area (Å²) in [6.07, 6.45) is 0.859. The Morgan fingerprint density at radius 3 is 2.19 bits per heavy atom. The Morgan fingerprint density at radius 1 is 1.11 bits per heavy atom. The van der Waals surface area contributed by atoms with Gasteiger partial charge in [0.05, 0.1) is 16.8 Å². The molecule has 0 aliphatic heterocycles. The lowest BCUT2D eigenvalue weighted by Gasteiger charge is -2.12. The Hall–Kier alpha value is -2.18. The highest BCUT2D eigenvalue weighted by Crippen LogP contribution is 2.64. The number of sulfone groups is 1. The van der Waals surface area contributed by atoms with Crippen LogP contribution >= 0.6 is 0 Å². The fourth-order valence-electron chi connectivity index (χ4n) is 3.90. The number of hydrogen-bond donors (Lipinski definition) is 1. The monoisotopic (exact) mass is 388 g/mol. The van der Waals surface area contributed by atoms with Gasteiger partial charge in [-0.15, -0.1) is 0 Å². The van der Waals surface area contributed by atoms with E-state index in [-0.39, 0.29) is 11.5 Å². The Labute approximate surface area is 159 Å². The fourth-order valence-corrected chi connectivity index (χ4v) is 6.25. The zero-order chi connectivity index (χ0) is 19.8. The molecule has 27 heavy (non-hydrogen) atoms. The van der Waals surface area contributed by atoms with Crippen LogP contribution in [0.1, 0.15) is 29.5 Å². The molecule has 3 rings (SSSR count).